The molecule has 0 radical (unpaired) electrons. The number of rotatable bonds is 5. The van der Waals surface area contributed by atoms with E-state index in [1.54, 1.807) is 0 Å². The molecule has 1 N–H and O–H groups in total. The van der Waals surface area contributed by atoms with E-state index in [9.17, 15) is 4.79 Å². The Hall–Kier alpha value is -1.57. The van der Waals surface area contributed by atoms with Gasteiger partial charge in [0.2, 0.25) is 5.91 Å². The molecular weight excluding hydrogens is 210 g/mol. The van der Waals surface area contributed by atoms with Crippen LogP contribution in [-0.2, 0) is 11.2 Å². The van der Waals surface area contributed by atoms with Crippen molar-refractivity contribution in [2.24, 2.45) is 0 Å². The fraction of sp³-hybridized carbons (Fsp3) is 0.400. The van der Waals surface area contributed by atoms with Gasteiger partial charge in [-0.2, -0.15) is 0 Å². The number of nitrogens with one attached hydrogen (secondary N) is 1. The van der Waals surface area contributed by atoms with Crippen molar-refractivity contribution in [3.05, 3.63) is 47.0 Å². The fourth-order valence-corrected chi connectivity index (χ4v) is 1.69. The Kier molecular flexibility index (Phi) is 5.47. The maximum Gasteiger partial charge on any atom is 0.224 e. The molecule has 2 nitrogen and oxygen atoms in total. The monoisotopic (exact) mass is 231 g/mol. The average molecular weight is 231 g/mol. The van der Waals surface area contributed by atoms with Crippen molar-refractivity contribution >= 4 is 5.91 Å². The van der Waals surface area contributed by atoms with Gasteiger partial charge < -0.3 is 5.32 Å². The van der Waals surface area contributed by atoms with E-state index < -0.39 is 0 Å². The van der Waals surface area contributed by atoms with Gasteiger partial charge in [0, 0.05) is 6.54 Å². The number of allylic oxidation sites excluding steroid dienone is 1. The molecule has 0 saturated heterocycles. The van der Waals surface area contributed by atoms with Crippen molar-refractivity contribution in [3.8, 4) is 0 Å². The lowest BCUT2D eigenvalue weighted by Gasteiger charge is -2.07. The lowest BCUT2D eigenvalue weighted by atomic mass is 10.0. The Morgan fingerprint density at radius 1 is 1.35 bits per heavy atom. The maximum atomic E-state index is 11.7. The largest absolute Gasteiger partial charge is 0.356 e. The van der Waals surface area contributed by atoms with E-state index in [2.05, 4.69) is 29.6 Å². The molecule has 0 aliphatic carbocycles. The molecule has 17 heavy (non-hydrogen) atoms. The minimum atomic E-state index is 0.100. The average Bonchev–Trinajstić information content (AvgIpc) is 2.29. The van der Waals surface area contributed by atoms with Crippen molar-refractivity contribution in [3.63, 3.8) is 0 Å². The number of hydrogen-bond acceptors (Lipinski definition) is 1. The van der Waals surface area contributed by atoms with Crippen LogP contribution in [0.3, 0.4) is 0 Å². The molecule has 0 heterocycles. The fourth-order valence-electron chi connectivity index (χ4n) is 1.69. The summed E-state index contributed by atoms with van der Waals surface area (Å²) < 4.78 is 0. The smallest absolute Gasteiger partial charge is 0.224 e. The van der Waals surface area contributed by atoms with E-state index in [0.29, 0.717) is 13.0 Å². The molecule has 0 bridgehead atoms. The minimum Gasteiger partial charge on any atom is -0.356 e. The van der Waals surface area contributed by atoms with Crippen molar-refractivity contribution in [1.29, 1.82) is 0 Å². The second kappa shape index (κ2) is 6.89. The van der Waals surface area contributed by atoms with Crippen molar-refractivity contribution in [2.45, 2.75) is 33.6 Å². The zero-order valence-electron chi connectivity index (χ0n) is 10.9. The highest BCUT2D eigenvalue weighted by Gasteiger charge is 2.05. The van der Waals surface area contributed by atoms with Crippen LogP contribution in [0.25, 0.3) is 0 Å². The van der Waals surface area contributed by atoms with Crippen LogP contribution >= 0.6 is 0 Å². The van der Waals surface area contributed by atoms with Crippen molar-refractivity contribution in [2.75, 3.05) is 6.54 Å². The van der Waals surface area contributed by atoms with E-state index in [0.717, 1.165) is 12.0 Å². The zero-order chi connectivity index (χ0) is 12.7. The van der Waals surface area contributed by atoms with E-state index in [-0.39, 0.29) is 5.91 Å². The van der Waals surface area contributed by atoms with Crippen LogP contribution < -0.4 is 5.32 Å². The molecule has 0 spiro atoms. The molecular formula is C15H21NO. The van der Waals surface area contributed by atoms with Crippen molar-refractivity contribution < 1.29 is 4.79 Å². The number of amides is 1. The first-order chi connectivity index (χ1) is 8.13. The quantitative estimate of drug-likeness (QED) is 0.612. The first-order valence-electron chi connectivity index (χ1n) is 6.07. The van der Waals surface area contributed by atoms with Crippen LogP contribution in [-0.4, -0.2) is 12.5 Å². The lowest BCUT2D eigenvalue weighted by molar-refractivity contribution is -0.120. The molecule has 0 aliphatic rings. The number of benzene rings is 1. The Morgan fingerprint density at radius 3 is 2.82 bits per heavy atom. The zero-order valence-corrected chi connectivity index (χ0v) is 10.9. The molecule has 1 aromatic rings. The van der Waals surface area contributed by atoms with Crippen LogP contribution in [0.4, 0.5) is 0 Å². The summed E-state index contributed by atoms with van der Waals surface area (Å²) in [6.45, 7) is 6.79. The van der Waals surface area contributed by atoms with Gasteiger partial charge >= 0.3 is 0 Å². The Labute approximate surface area is 104 Å². The summed E-state index contributed by atoms with van der Waals surface area (Å²) in [7, 11) is 0. The second-order valence-corrected chi connectivity index (χ2v) is 4.31. The first-order valence-corrected chi connectivity index (χ1v) is 6.07. The lowest BCUT2D eigenvalue weighted by Crippen LogP contribution is -2.26. The molecule has 1 rings (SSSR count). The molecule has 0 fully saturated rings. The predicted molar refractivity (Wildman–Crippen MR) is 72.1 cm³/mol. The summed E-state index contributed by atoms with van der Waals surface area (Å²) in [6.07, 6.45) is 5.42. The number of carbonyl (C=O) groups excluding carboxylic acids is 1. The third-order valence-corrected chi connectivity index (χ3v) is 2.72. The van der Waals surface area contributed by atoms with Crippen LogP contribution in [0.2, 0.25) is 0 Å². The highest BCUT2D eigenvalue weighted by atomic mass is 16.1. The molecule has 1 amide bonds. The van der Waals surface area contributed by atoms with Crippen LogP contribution in [0.1, 0.15) is 30.0 Å². The van der Waals surface area contributed by atoms with E-state index in [1.807, 2.05) is 26.8 Å². The minimum absolute atomic E-state index is 0.100. The normalized spacial score (nSPS) is 10.8. The SMILES string of the molecule is C/C=C/CCNC(=O)Cc1cc(C)ccc1C. The van der Waals surface area contributed by atoms with Crippen LogP contribution in [0.15, 0.2) is 30.4 Å². The summed E-state index contributed by atoms with van der Waals surface area (Å²) in [5.41, 5.74) is 3.50. The summed E-state index contributed by atoms with van der Waals surface area (Å²) in [6, 6.07) is 6.22. The van der Waals surface area contributed by atoms with Gasteiger partial charge in [-0.05, 0) is 38.3 Å². The molecule has 0 aromatic heterocycles. The third-order valence-electron chi connectivity index (χ3n) is 2.72. The van der Waals surface area contributed by atoms with Gasteiger partial charge in [0.15, 0.2) is 0 Å². The number of carbonyl (C=O) groups is 1. The summed E-state index contributed by atoms with van der Waals surface area (Å²) in [5.74, 6) is 0.100. The third kappa shape index (κ3) is 4.85. The molecule has 1 aromatic carbocycles. The second-order valence-electron chi connectivity index (χ2n) is 4.31. The Balaban J connectivity index is 2.47. The molecule has 0 atom stereocenters. The Morgan fingerprint density at radius 2 is 2.12 bits per heavy atom. The summed E-state index contributed by atoms with van der Waals surface area (Å²) in [5, 5.41) is 2.92. The highest BCUT2D eigenvalue weighted by molar-refractivity contribution is 5.78. The Bertz CT molecular complexity index is 407. The standard InChI is InChI=1S/C15H21NO/c1-4-5-6-9-16-15(17)11-14-10-12(2)7-8-13(14)3/h4-5,7-8,10H,6,9,11H2,1-3H3,(H,16,17)/b5-4+. The van der Waals surface area contributed by atoms with E-state index in [4.69, 9.17) is 0 Å². The summed E-state index contributed by atoms with van der Waals surface area (Å²) >= 11 is 0. The topological polar surface area (TPSA) is 29.1 Å². The highest BCUT2D eigenvalue weighted by Crippen LogP contribution is 2.11. The predicted octanol–water partition coefficient (Wildman–Crippen LogP) is 2.93. The van der Waals surface area contributed by atoms with Crippen LogP contribution in [0.5, 0.6) is 0 Å². The molecule has 0 saturated carbocycles. The molecule has 0 aliphatic heterocycles. The van der Waals surface area contributed by atoms with Gasteiger partial charge in [0.25, 0.3) is 0 Å². The van der Waals surface area contributed by atoms with Gasteiger partial charge in [0.1, 0.15) is 0 Å². The van der Waals surface area contributed by atoms with Crippen LogP contribution in [0, 0.1) is 13.8 Å². The van der Waals surface area contributed by atoms with Gasteiger partial charge in [-0.15, -0.1) is 0 Å². The van der Waals surface area contributed by atoms with Crippen molar-refractivity contribution in [1.82, 2.24) is 5.32 Å². The van der Waals surface area contributed by atoms with Gasteiger partial charge in [-0.3, -0.25) is 4.79 Å². The number of aryl methyl sites for hydroxylation is 2. The van der Waals surface area contributed by atoms with E-state index >= 15 is 0 Å². The van der Waals surface area contributed by atoms with Gasteiger partial charge in [0.05, 0.1) is 6.42 Å². The van der Waals surface area contributed by atoms with Gasteiger partial charge in [-0.25, -0.2) is 0 Å². The number of hydrogen-bond donors (Lipinski definition) is 1. The molecule has 0 unspecified atom stereocenters. The first kappa shape index (κ1) is 13.5. The molecule has 2 heteroatoms. The summed E-state index contributed by atoms with van der Waals surface area (Å²) in [4.78, 5) is 11.7. The van der Waals surface area contributed by atoms with Gasteiger partial charge in [-0.1, -0.05) is 35.9 Å². The molecule has 92 valence electrons. The van der Waals surface area contributed by atoms with E-state index in [1.165, 1.54) is 11.1 Å². The maximum absolute atomic E-state index is 11.7.